The van der Waals surface area contributed by atoms with E-state index in [9.17, 15) is 26.7 Å². The molecule has 69 heavy (non-hydrogen) atoms. The fourth-order valence-electron chi connectivity index (χ4n) is 7.90. The lowest BCUT2D eigenvalue weighted by Crippen LogP contribution is -2.46. The summed E-state index contributed by atoms with van der Waals surface area (Å²) in [6.07, 6.45) is 3.41. The number of carbonyl (C=O) groups excluding carboxylic acids is 1. The third-order valence-electron chi connectivity index (χ3n) is 11.4. The van der Waals surface area contributed by atoms with Crippen LogP contribution in [0.1, 0.15) is 54.7 Å². The lowest BCUT2D eigenvalue weighted by Gasteiger charge is -2.37. The van der Waals surface area contributed by atoms with Gasteiger partial charge in [0.15, 0.2) is 0 Å². The van der Waals surface area contributed by atoms with Crippen molar-refractivity contribution in [1.29, 1.82) is 0 Å². The van der Waals surface area contributed by atoms with Gasteiger partial charge in [-0.2, -0.15) is 5.10 Å². The molecular formula is C52H60ClF5N8O3. The molecule has 3 N–H and O–H groups in total. The van der Waals surface area contributed by atoms with E-state index in [4.69, 9.17) is 26.8 Å². The molecule has 0 unspecified atom stereocenters. The predicted octanol–water partition coefficient (Wildman–Crippen LogP) is 11.1. The Hall–Kier alpha value is -6.65. The predicted molar refractivity (Wildman–Crippen MR) is 264 cm³/mol. The van der Waals surface area contributed by atoms with Crippen molar-refractivity contribution in [3.8, 4) is 5.75 Å². The van der Waals surface area contributed by atoms with E-state index in [0.717, 1.165) is 83.4 Å². The molecule has 1 amide bonds. The fraction of sp³-hybridized carbons (Fsp3) is 0.327. The maximum absolute atomic E-state index is 15.0. The van der Waals surface area contributed by atoms with Crippen LogP contribution < -0.4 is 25.6 Å². The number of allylic oxidation sites excluding steroid dienone is 1. The van der Waals surface area contributed by atoms with Gasteiger partial charge < -0.3 is 35.2 Å². The molecule has 6 aromatic rings. The second-order valence-electron chi connectivity index (χ2n) is 17.2. The van der Waals surface area contributed by atoms with Crippen molar-refractivity contribution in [1.82, 2.24) is 19.7 Å². The van der Waals surface area contributed by atoms with E-state index < -0.39 is 34.8 Å². The van der Waals surface area contributed by atoms with Crippen LogP contribution in [0.5, 0.6) is 5.75 Å². The van der Waals surface area contributed by atoms with Crippen LogP contribution in [0.25, 0.3) is 0 Å². The number of anilines is 4. The number of halogens is 6. The minimum atomic E-state index is -1.04. The molecule has 0 radical (unpaired) electrons. The Kier molecular flexibility index (Phi) is 18.6. The van der Waals surface area contributed by atoms with Gasteiger partial charge in [-0.3, -0.25) is 4.79 Å². The molecule has 368 valence electrons. The zero-order valence-corrected chi connectivity index (χ0v) is 39.6. The first-order valence-corrected chi connectivity index (χ1v) is 22.3. The molecule has 11 nitrogen and oxygen atoms in total. The van der Waals surface area contributed by atoms with E-state index in [0.29, 0.717) is 25.2 Å². The Balaban J connectivity index is 0.000000417. The van der Waals surface area contributed by atoms with Crippen LogP contribution in [0.2, 0.25) is 0 Å². The van der Waals surface area contributed by atoms with Crippen LogP contribution in [0.15, 0.2) is 120 Å². The maximum Gasteiger partial charge on any atom is 0.255 e. The first kappa shape index (κ1) is 53.3. The first-order valence-electron chi connectivity index (χ1n) is 21.9. The summed E-state index contributed by atoms with van der Waals surface area (Å²) in [5, 5.41) is 7.49. The van der Waals surface area contributed by atoms with E-state index in [1.165, 1.54) is 30.6 Å². The van der Waals surface area contributed by atoms with Crippen LogP contribution in [0.3, 0.4) is 0 Å². The number of piperazine rings is 1. The standard InChI is InChI=1S/C38H36F4N6O3.C7H8FN.C6H12ClN.CH4/c1-25-16-31(47-14-12-46(13-15-47)30-6-2-27(3-7-30)37(49)45-35-10-5-29(40)18-34(35)42)8-11-36(25)50-20-26-19-38(51-21-26,22-48-24-43-23-44-48)32-9-4-28(39)17-33(32)41;1-5-2-3-7(9)6(8)4-5;1-5(2)6(7)8(3)4;/h2-11,16-18,23-24,26H,12-15,19-22H2,1H3,(H,45,49);2-4H,9H2,1H3;1-4H3;1H4/t26-,38+;;;/m1.../s1. The number of nitrogen functional groups attached to an aromatic ring is 1. The van der Waals surface area contributed by atoms with Crippen LogP contribution >= 0.6 is 11.6 Å². The summed E-state index contributed by atoms with van der Waals surface area (Å²) in [7, 11) is 3.85. The molecular weight excluding hydrogens is 915 g/mol. The van der Waals surface area contributed by atoms with Gasteiger partial charge in [0, 0.05) is 80.8 Å². The number of carbonyl (C=O) groups is 1. The van der Waals surface area contributed by atoms with Crippen molar-refractivity contribution in [3.05, 3.63) is 172 Å². The Bertz CT molecular complexity index is 2680. The fourth-order valence-corrected chi connectivity index (χ4v) is 7.90. The van der Waals surface area contributed by atoms with Crippen LogP contribution in [0, 0.1) is 48.9 Å². The number of amides is 1. The number of ether oxygens (including phenoxy) is 2. The highest BCUT2D eigenvalue weighted by atomic mass is 35.5. The minimum Gasteiger partial charge on any atom is -0.493 e. The van der Waals surface area contributed by atoms with Crippen LogP contribution in [-0.2, 0) is 16.9 Å². The highest BCUT2D eigenvalue weighted by molar-refractivity contribution is 6.29. The van der Waals surface area contributed by atoms with Gasteiger partial charge >= 0.3 is 0 Å². The largest absolute Gasteiger partial charge is 0.493 e. The monoisotopic (exact) mass is 974 g/mol. The SMILES string of the molecule is C.CC(C)=C(Cl)N(C)C.Cc1cc(N2CCN(c3ccc(C(=O)Nc4ccc(F)cc4F)cc3)CC2)ccc1OC[C@@H]1CO[C@@](Cn2cncn2)(c2ccc(F)cc2F)C1.Cc1ccc(N)c(F)c1. The summed E-state index contributed by atoms with van der Waals surface area (Å²) in [6.45, 7) is 11.9. The normalized spacial score (nSPS) is 16.3. The summed E-state index contributed by atoms with van der Waals surface area (Å²) in [6, 6.07) is 24.5. The molecule has 0 aliphatic carbocycles. The molecule has 17 heteroatoms. The van der Waals surface area contributed by atoms with Crippen LogP contribution in [-0.4, -0.2) is 79.1 Å². The van der Waals surface area contributed by atoms with Crippen molar-refractivity contribution in [2.45, 2.75) is 53.7 Å². The number of nitrogens with one attached hydrogen (secondary N) is 1. The Morgan fingerprint density at radius 2 is 1.48 bits per heavy atom. The molecule has 2 aliphatic rings. The van der Waals surface area contributed by atoms with Crippen molar-refractivity contribution < 1.29 is 36.2 Å². The van der Waals surface area contributed by atoms with E-state index in [2.05, 4.69) is 31.3 Å². The number of benzene rings is 5. The second kappa shape index (κ2) is 24.1. The van der Waals surface area contributed by atoms with E-state index >= 15 is 0 Å². The Labute approximate surface area is 406 Å². The Morgan fingerprint density at radius 1 is 0.841 bits per heavy atom. The first-order chi connectivity index (χ1) is 32.4. The minimum absolute atomic E-state index is 0. The average Bonchev–Trinajstić information content (AvgIpc) is 3.99. The number of nitrogens with two attached hydrogens (primary N) is 1. The zero-order chi connectivity index (χ0) is 49.1. The van der Waals surface area contributed by atoms with Crippen molar-refractivity contribution in [2.75, 3.05) is 74.3 Å². The number of hydrogen-bond donors (Lipinski definition) is 2. The summed E-state index contributed by atoms with van der Waals surface area (Å²) in [4.78, 5) is 23.1. The molecule has 8 rings (SSSR count). The maximum atomic E-state index is 15.0. The third-order valence-corrected chi connectivity index (χ3v) is 12.1. The lowest BCUT2D eigenvalue weighted by molar-refractivity contribution is -0.0206. The van der Waals surface area contributed by atoms with Crippen molar-refractivity contribution in [3.63, 3.8) is 0 Å². The number of aromatic nitrogens is 3. The summed E-state index contributed by atoms with van der Waals surface area (Å²) < 4.78 is 82.5. The van der Waals surface area contributed by atoms with Gasteiger partial charge in [-0.1, -0.05) is 31.2 Å². The highest BCUT2D eigenvalue weighted by Crippen LogP contribution is 2.42. The number of hydrogen-bond acceptors (Lipinski definition) is 9. The third kappa shape index (κ3) is 14.2. The quantitative estimate of drug-likeness (QED) is 0.0744. The summed E-state index contributed by atoms with van der Waals surface area (Å²) in [5.74, 6) is -2.95. The topological polar surface area (TPSA) is 114 Å². The molecule has 0 bridgehead atoms. The molecule has 2 atom stereocenters. The molecule has 0 saturated carbocycles. The average molecular weight is 976 g/mol. The van der Waals surface area contributed by atoms with Crippen LogP contribution in [0.4, 0.5) is 44.7 Å². The van der Waals surface area contributed by atoms with Gasteiger partial charge in [0.25, 0.3) is 5.91 Å². The molecule has 2 fully saturated rings. The van der Waals surface area contributed by atoms with Crippen molar-refractivity contribution in [2.24, 2.45) is 5.92 Å². The summed E-state index contributed by atoms with van der Waals surface area (Å²) >= 11 is 5.76. The number of nitrogens with zero attached hydrogens (tertiary/aromatic N) is 6. The summed E-state index contributed by atoms with van der Waals surface area (Å²) in [5.41, 5.74) is 10.0. The van der Waals surface area contributed by atoms with Gasteiger partial charge in [-0.05, 0) is 124 Å². The van der Waals surface area contributed by atoms with Crippen molar-refractivity contribution >= 4 is 40.3 Å². The molecule has 2 saturated heterocycles. The highest BCUT2D eigenvalue weighted by Gasteiger charge is 2.44. The lowest BCUT2D eigenvalue weighted by atomic mass is 9.87. The molecule has 3 heterocycles. The van der Waals surface area contributed by atoms with E-state index in [1.807, 2.05) is 71.0 Å². The van der Waals surface area contributed by atoms with Gasteiger partial charge in [0.1, 0.15) is 58.2 Å². The Morgan fingerprint density at radius 3 is 2.03 bits per heavy atom. The molecule has 5 aromatic carbocycles. The molecule has 2 aliphatic heterocycles. The number of rotatable bonds is 11. The molecule has 1 aromatic heterocycles. The number of aryl methyl sites for hydroxylation is 2. The van der Waals surface area contributed by atoms with Gasteiger partial charge in [-0.15, -0.1) is 0 Å². The second-order valence-corrected chi connectivity index (χ2v) is 17.5. The smallest absolute Gasteiger partial charge is 0.255 e. The van der Waals surface area contributed by atoms with Gasteiger partial charge in [-0.25, -0.2) is 31.6 Å². The van der Waals surface area contributed by atoms with Gasteiger partial charge in [0.05, 0.1) is 31.1 Å². The van der Waals surface area contributed by atoms with E-state index in [1.54, 1.807) is 35.3 Å². The van der Waals surface area contributed by atoms with E-state index in [-0.39, 0.29) is 42.6 Å². The molecule has 0 spiro atoms. The zero-order valence-electron chi connectivity index (χ0n) is 38.9. The van der Waals surface area contributed by atoms with Gasteiger partial charge in [0.2, 0.25) is 0 Å².